The van der Waals surface area contributed by atoms with E-state index < -0.39 is 66.4 Å². The van der Waals surface area contributed by atoms with Gasteiger partial charge in [-0.25, -0.2) is 4.79 Å². The molecule has 5 atom stereocenters. The van der Waals surface area contributed by atoms with Crippen LogP contribution in [0.1, 0.15) is 53.9 Å². The Labute approximate surface area is 187 Å². The van der Waals surface area contributed by atoms with Crippen molar-refractivity contribution < 1.29 is 39.3 Å². The molecule has 3 amide bonds. The lowest BCUT2D eigenvalue weighted by atomic mass is 10.00. The van der Waals surface area contributed by atoms with Crippen molar-refractivity contribution >= 4 is 29.7 Å². The fraction of sp³-hybridized carbons (Fsp3) is 0.750. The van der Waals surface area contributed by atoms with Gasteiger partial charge in [0.05, 0.1) is 12.1 Å². The van der Waals surface area contributed by atoms with Crippen molar-refractivity contribution in [3.05, 3.63) is 0 Å². The summed E-state index contributed by atoms with van der Waals surface area (Å²) in [7, 11) is 0. The summed E-state index contributed by atoms with van der Waals surface area (Å²) in [4.78, 5) is 60.0. The molecule has 184 valence electrons. The number of aliphatic carboxylic acids is 2. The molecule has 0 aliphatic rings. The van der Waals surface area contributed by atoms with Crippen LogP contribution in [0.25, 0.3) is 0 Å². The maximum atomic E-state index is 12.9. The van der Waals surface area contributed by atoms with E-state index in [9.17, 15) is 29.1 Å². The molecule has 0 fully saturated rings. The number of nitrogens with one attached hydrogen (secondary N) is 3. The van der Waals surface area contributed by atoms with Crippen molar-refractivity contribution in [3.63, 3.8) is 0 Å². The van der Waals surface area contributed by atoms with Gasteiger partial charge in [-0.15, -0.1) is 0 Å². The van der Waals surface area contributed by atoms with Crippen LogP contribution in [0.5, 0.6) is 0 Å². The van der Waals surface area contributed by atoms with Gasteiger partial charge < -0.3 is 37.0 Å². The molecule has 0 aromatic carbocycles. The molecule has 0 aliphatic heterocycles. The molecule has 0 saturated heterocycles. The van der Waals surface area contributed by atoms with Gasteiger partial charge in [0.15, 0.2) is 6.04 Å². The largest absolute Gasteiger partial charge is 0.481 e. The number of amides is 3. The molecular formula is C20H36N4O8. The molecule has 0 saturated carbocycles. The van der Waals surface area contributed by atoms with E-state index in [1.807, 2.05) is 13.8 Å². The van der Waals surface area contributed by atoms with E-state index >= 15 is 0 Å². The summed E-state index contributed by atoms with van der Waals surface area (Å²) in [6.45, 7) is 8.30. The molecule has 5 unspecified atom stereocenters. The highest BCUT2D eigenvalue weighted by atomic mass is 16.4. The van der Waals surface area contributed by atoms with E-state index in [1.165, 1.54) is 0 Å². The molecule has 0 radical (unpaired) electrons. The maximum absolute atomic E-state index is 12.9. The quantitative estimate of drug-likeness (QED) is 0.166. The van der Waals surface area contributed by atoms with E-state index in [2.05, 4.69) is 16.0 Å². The van der Waals surface area contributed by atoms with Gasteiger partial charge in [0, 0.05) is 6.42 Å². The number of carboxylic acids is 2. The smallest absolute Gasteiger partial charge is 0.328 e. The highest BCUT2D eigenvalue weighted by Crippen LogP contribution is 2.09. The Morgan fingerprint density at radius 1 is 0.812 bits per heavy atom. The third-order valence-electron chi connectivity index (χ3n) is 4.69. The van der Waals surface area contributed by atoms with Gasteiger partial charge in [-0.3, -0.25) is 19.2 Å². The minimum atomic E-state index is -1.65. The first-order chi connectivity index (χ1) is 14.7. The standard InChI is InChI=1S/C20H36N4O8/c1-9(2)8-13(23-19(30)15(21)10(3)4)18(29)22-12(6-7-14(26)27)17(28)24-16(11(5)25)20(31)32/h9-13,15-16,25H,6-8,21H2,1-5H3,(H,22,29)(H,23,30)(H,24,28)(H,26,27)(H,31,32). The molecule has 0 spiro atoms. The average molecular weight is 461 g/mol. The second-order valence-corrected chi connectivity index (χ2v) is 8.52. The van der Waals surface area contributed by atoms with Crippen LogP contribution in [0.4, 0.5) is 0 Å². The molecule has 0 heterocycles. The van der Waals surface area contributed by atoms with E-state index in [0.717, 1.165) is 6.92 Å². The molecule has 0 aromatic rings. The van der Waals surface area contributed by atoms with Crippen LogP contribution in [-0.4, -0.2) is 75.3 Å². The van der Waals surface area contributed by atoms with Gasteiger partial charge in [0.1, 0.15) is 12.1 Å². The van der Waals surface area contributed by atoms with Crippen LogP contribution in [0, 0.1) is 11.8 Å². The molecule has 32 heavy (non-hydrogen) atoms. The normalized spacial score (nSPS) is 15.9. The zero-order chi connectivity index (χ0) is 25.2. The van der Waals surface area contributed by atoms with E-state index in [-0.39, 0.29) is 24.7 Å². The highest BCUT2D eigenvalue weighted by Gasteiger charge is 2.32. The number of carbonyl (C=O) groups is 5. The number of aliphatic hydroxyl groups excluding tert-OH is 1. The summed E-state index contributed by atoms with van der Waals surface area (Å²) >= 11 is 0. The van der Waals surface area contributed by atoms with Crippen molar-refractivity contribution in [2.75, 3.05) is 0 Å². The SMILES string of the molecule is CC(C)CC(NC(=O)C(N)C(C)C)C(=O)NC(CCC(=O)O)C(=O)NC(C(=O)O)C(C)O. The van der Waals surface area contributed by atoms with Crippen LogP contribution in [0.2, 0.25) is 0 Å². The lowest BCUT2D eigenvalue weighted by Gasteiger charge is -2.26. The molecular weight excluding hydrogens is 424 g/mol. The zero-order valence-corrected chi connectivity index (χ0v) is 19.1. The summed E-state index contributed by atoms with van der Waals surface area (Å²) in [5, 5.41) is 34.7. The van der Waals surface area contributed by atoms with E-state index in [0.29, 0.717) is 0 Å². The first-order valence-corrected chi connectivity index (χ1v) is 10.5. The predicted molar refractivity (Wildman–Crippen MR) is 114 cm³/mol. The third-order valence-corrected chi connectivity index (χ3v) is 4.69. The highest BCUT2D eigenvalue weighted by molar-refractivity contribution is 5.94. The molecule has 0 aromatic heterocycles. The molecule has 8 N–H and O–H groups in total. The van der Waals surface area contributed by atoms with Crippen molar-refractivity contribution in [2.24, 2.45) is 17.6 Å². The minimum Gasteiger partial charge on any atom is -0.481 e. The number of aliphatic hydroxyl groups is 1. The lowest BCUT2D eigenvalue weighted by Crippen LogP contribution is -2.58. The van der Waals surface area contributed by atoms with E-state index in [4.69, 9.17) is 15.9 Å². The van der Waals surface area contributed by atoms with Gasteiger partial charge in [-0.05, 0) is 31.6 Å². The van der Waals surface area contributed by atoms with Gasteiger partial charge >= 0.3 is 11.9 Å². The number of carbonyl (C=O) groups excluding carboxylic acids is 3. The lowest BCUT2D eigenvalue weighted by molar-refractivity contribution is -0.145. The van der Waals surface area contributed by atoms with Gasteiger partial charge in [0.25, 0.3) is 0 Å². The summed E-state index contributed by atoms with van der Waals surface area (Å²) < 4.78 is 0. The number of nitrogens with two attached hydrogens (primary N) is 1. The first-order valence-electron chi connectivity index (χ1n) is 10.5. The first kappa shape index (κ1) is 29.3. The number of hydrogen-bond acceptors (Lipinski definition) is 7. The molecule has 0 rings (SSSR count). The number of rotatable bonds is 14. The topological polar surface area (TPSA) is 208 Å². The number of hydrogen-bond donors (Lipinski definition) is 7. The summed E-state index contributed by atoms with van der Waals surface area (Å²) in [5.74, 6) is -5.17. The van der Waals surface area contributed by atoms with Crippen molar-refractivity contribution in [1.29, 1.82) is 0 Å². The Balaban J connectivity index is 5.58. The molecule has 0 bridgehead atoms. The third kappa shape index (κ3) is 10.5. The van der Waals surface area contributed by atoms with Crippen LogP contribution >= 0.6 is 0 Å². The van der Waals surface area contributed by atoms with Crippen LogP contribution in [-0.2, 0) is 24.0 Å². The Kier molecular flexibility index (Phi) is 12.5. The summed E-state index contributed by atoms with van der Waals surface area (Å²) in [5.41, 5.74) is 5.83. The number of carboxylic acid groups (broad SMARTS) is 2. The molecule has 12 nitrogen and oxygen atoms in total. The predicted octanol–water partition coefficient (Wildman–Crippen LogP) is -1.20. The summed E-state index contributed by atoms with van der Waals surface area (Å²) in [6, 6.07) is -4.95. The maximum Gasteiger partial charge on any atom is 0.328 e. The van der Waals surface area contributed by atoms with Crippen molar-refractivity contribution in [3.8, 4) is 0 Å². The fourth-order valence-corrected chi connectivity index (χ4v) is 2.73. The second-order valence-electron chi connectivity index (χ2n) is 8.52. The van der Waals surface area contributed by atoms with Gasteiger partial charge in [-0.2, -0.15) is 0 Å². The summed E-state index contributed by atoms with van der Waals surface area (Å²) in [6.07, 6.45) is -2.02. The van der Waals surface area contributed by atoms with Crippen molar-refractivity contribution in [2.45, 2.75) is 84.2 Å². The molecule has 0 aliphatic carbocycles. The minimum absolute atomic E-state index is 0.0146. The zero-order valence-electron chi connectivity index (χ0n) is 19.1. The molecule has 12 heteroatoms. The Bertz CT molecular complexity index is 681. The van der Waals surface area contributed by atoms with Crippen LogP contribution < -0.4 is 21.7 Å². The Morgan fingerprint density at radius 2 is 1.31 bits per heavy atom. The van der Waals surface area contributed by atoms with E-state index in [1.54, 1.807) is 13.8 Å². The van der Waals surface area contributed by atoms with Gasteiger partial charge in [0.2, 0.25) is 17.7 Å². The fourth-order valence-electron chi connectivity index (χ4n) is 2.73. The van der Waals surface area contributed by atoms with Crippen LogP contribution in [0.3, 0.4) is 0 Å². The second kappa shape index (κ2) is 13.6. The monoisotopic (exact) mass is 460 g/mol. The average Bonchev–Trinajstić information content (AvgIpc) is 2.66. The Hall–Kier alpha value is -2.73. The van der Waals surface area contributed by atoms with Gasteiger partial charge in [-0.1, -0.05) is 27.7 Å². The Morgan fingerprint density at radius 3 is 1.72 bits per heavy atom. The van der Waals surface area contributed by atoms with Crippen molar-refractivity contribution in [1.82, 2.24) is 16.0 Å². The van der Waals surface area contributed by atoms with Crippen LogP contribution in [0.15, 0.2) is 0 Å².